The second-order valence-corrected chi connectivity index (χ2v) is 3.82. The number of fused-ring (bicyclic) bond motifs is 1. The van der Waals surface area contributed by atoms with Gasteiger partial charge in [-0.1, -0.05) is 11.6 Å². The molecule has 5 heteroatoms. The molecule has 0 atom stereocenters. The molecule has 0 saturated heterocycles. The van der Waals surface area contributed by atoms with Crippen LogP contribution in [0.15, 0.2) is 0 Å². The standard InChI is InChI=1S/C10H11ClN2O2/c1-15-9(14)5-8-12-7-4-2-3-6(7)10(11)13-8/h2-5H2,1H3. The van der Waals surface area contributed by atoms with Crippen molar-refractivity contribution in [2.24, 2.45) is 0 Å². The normalized spacial score (nSPS) is 13.7. The smallest absolute Gasteiger partial charge is 0.313 e. The van der Waals surface area contributed by atoms with Crippen LogP contribution in [-0.2, 0) is 28.8 Å². The first-order valence-electron chi connectivity index (χ1n) is 4.81. The number of nitrogens with zero attached hydrogens (tertiary/aromatic N) is 2. The van der Waals surface area contributed by atoms with E-state index in [1.54, 1.807) is 0 Å². The third kappa shape index (κ3) is 2.09. The van der Waals surface area contributed by atoms with E-state index >= 15 is 0 Å². The van der Waals surface area contributed by atoms with Gasteiger partial charge in [0.15, 0.2) is 0 Å². The van der Waals surface area contributed by atoms with Gasteiger partial charge in [0, 0.05) is 11.3 Å². The Labute approximate surface area is 92.6 Å². The molecule has 1 aliphatic carbocycles. The Hall–Kier alpha value is -1.16. The largest absolute Gasteiger partial charge is 0.469 e. The minimum atomic E-state index is -0.344. The topological polar surface area (TPSA) is 52.1 Å². The zero-order chi connectivity index (χ0) is 10.8. The second-order valence-electron chi connectivity index (χ2n) is 3.46. The maximum absolute atomic E-state index is 11.0. The molecule has 15 heavy (non-hydrogen) atoms. The maximum atomic E-state index is 11.0. The monoisotopic (exact) mass is 226 g/mol. The van der Waals surface area contributed by atoms with E-state index in [1.165, 1.54) is 7.11 Å². The molecule has 0 saturated carbocycles. The molecule has 1 aromatic rings. The van der Waals surface area contributed by atoms with Crippen LogP contribution < -0.4 is 0 Å². The number of aryl methyl sites for hydroxylation is 1. The molecular weight excluding hydrogens is 216 g/mol. The Kier molecular flexibility index (Phi) is 2.86. The molecule has 0 fully saturated rings. The molecule has 80 valence electrons. The van der Waals surface area contributed by atoms with Crippen LogP contribution in [0.25, 0.3) is 0 Å². The van der Waals surface area contributed by atoms with E-state index in [-0.39, 0.29) is 12.4 Å². The molecule has 2 rings (SSSR count). The third-order valence-electron chi connectivity index (χ3n) is 2.46. The van der Waals surface area contributed by atoms with Crippen LogP contribution in [0.1, 0.15) is 23.5 Å². The number of esters is 1. The van der Waals surface area contributed by atoms with Gasteiger partial charge in [-0.25, -0.2) is 9.97 Å². The molecule has 0 spiro atoms. The number of methoxy groups -OCH3 is 1. The van der Waals surface area contributed by atoms with Gasteiger partial charge in [0.2, 0.25) is 0 Å². The van der Waals surface area contributed by atoms with Crippen molar-refractivity contribution in [2.75, 3.05) is 7.11 Å². The van der Waals surface area contributed by atoms with Crippen LogP contribution in [0, 0.1) is 0 Å². The number of ether oxygens (including phenoxy) is 1. The van der Waals surface area contributed by atoms with Gasteiger partial charge in [0.25, 0.3) is 0 Å². The zero-order valence-electron chi connectivity index (χ0n) is 8.42. The summed E-state index contributed by atoms with van der Waals surface area (Å²) in [5.41, 5.74) is 2.01. The van der Waals surface area contributed by atoms with Crippen molar-refractivity contribution < 1.29 is 9.53 Å². The van der Waals surface area contributed by atoms with Crippen LogP contribution in [0.4, 0.5) is 0 Å². The summed E-state index contributed by atoms with van der Waals surface area (Å²) in [6.45, 7) is 0. The lowest BCUT2D eigenvalue weighted by molar-refractivity contribution is -0.139. The summed E-state index contributed by atoms with van der Waals surface area (Å²) >= 11 is 6.00. The highest BCUT2D eigenvalue weighted by atomic mass is 35.5. The Bertz CT molecular complexity index is 407. The van der Waals surface area contributed by atoms with Crippen molar-refractivity contribution in [2.45, 2.75) is 25.7 Å². The first kappa shape index (κ1) is 10.4. The molecule has 4 nitrogen and oxygen atoms in total. The molecule has 0 amide bonds. The highest BCUT2D eigenvalue weighted by Gasteiger charge is 2.19. The van der Waals surface area contributed by atoms with Crippen molar-refractivity contribution in [3.63, 3.8) is 0 Å². The van der Waals surface area contributed by atoms with Crippen molar-refractivity contribution in [3.05, 3.63) is 22.2 Å². The van der Waals surface area contributed by atoms with Gasteiger partial charge >= 0.3 is 5.97 Å². The first-order valence-corrected chi connectivity index (χ1v) is 5.19. The van der Waals surface area contributed by atoms with Gasteiger partial charge in [-0.15, -0.1) is 0 Å². The predicted molar refractivity (Wildman–Crippen MR) is 54.8 cm³/mol. The van der Waals surface area contributed by atoms with Gasteiger partial charge in [0.1, 0.15) is 17.4 Å². The highest BCUT2D eigenvalue weighted by molar-refractivity contribution is 6.30. The van der Waals surface area contributed by atoms with Gasteiger partial charge in [-0.05, 0) is 19.3 Å². The molecule has 0 radical (unpaired) electrons. The third-order valence-corrected chi connectivity index (χ3v) is 2.77. The van der Waals surface area contributed by atoms with Gasteiger partial charge < -0.3 is 4.74 Å². The molecule has 1 aromatic heterocycles. The fourth-order valence-electron chi connectivity index (χ4n) is 1.72. The fraction of sp³-hybridized carbons (Fsp3) is 0.500. The van der Waals surface area contributed by atoms with Crippen molar-refractivity contribution in [3.8, 4) is 0 Å². The maximum Gasteiger partial charge on any atom is 0.313 e. The number of rotatable bonds is 2. The number of aromatic nitrogens is 2. The SMILES string of the molecule is COC(=O)Cc1nc(Cl)c2c(n1)CCC2. The van der Waals surface area contributed by atoms with Crippen molar-refractivity contribution >= 4 is 17.6 Å². The van der Waals surface area contributed by atoms with Crippen molar-refractivity contribution in [1.82, 2.24) is 9.97 Å². The second kappa shape index (κ2) is 4.14. The van der Waals surface area contributed by atoms with Crippen LogP contribution in [-0.4, -0.2) is 23.0 Å². The van der Waals surface area contributed by atoms with Crippen LogP contribution in [0.2, 0.25) is 5.15 Å². The summed E-state index contributed by atoms with van der Waals surface area (Å²) in [7, 11) is 1.34. The van der Waals surface area contributed by atoms with E-state index in [0.29, 0.717) is 11.0 Å². The van der Waals surface area contributed by atoms with Crippen LogP contribution in [0.5, 0.6) is 0 Å². The summed E-state index contributed by atoms with van der Waals surface area (Å²) in [5.74, 6) is 0.108. The zero-order valence-corrected chi connectivity index (χ0v) is 9.17. The lowest BCUT2D eigenvalue weighted by atomic mass is 10.2. The molecule has 0 aliphatic heterocycles. The molecule has 0 aromatic carbocycles. The average Bonchev–Trinajstić information content (AvgIpc) is 2.66. The highest BCUT2D eigenvalue weighted by Crippen LogP contribution is 2.25. The van der Waals surface area contributed by atoms with E-state index in [0.717, 1.165) is 30.5 Å². The van der Waals surface area contributed by atoms with Gasteiger partial charge in [-0.2, -0.15) is 0 Å². The molecule has 0 bridgehead atoms. The summed E-state index contributed by atoms with van der Waals surface area (Å²) in [6, 6.07) is 0. The number of halogens is 1. The number of carbonyl (C=O) groups excluding carboxylic acids is 1. The predicted octanol–water partition coefficient (Wildman–Crippen LogP) is 1.33. The molecule has 0 unspecified atom stereocenters. The average molecular weight is 227 g/mol. The first-order chi connectivity index (χ1) is 7.20. The van der Waals surface area contributed by atoms with E-state index in [9.17, 15) is 4.79 Å². The summed E-state index contributed by atoms with van der Waals surface area (Å²) in [5, 5.41) is 0.483. The Balaban J connectivity index is 2.27. The molecule has 1 aliphatic rings. The number of hydrogen-bond donors (Lipinski definition) is 0. The lowest BCUT2D eigenvalue weighted by Crippen LogP contribution is -2.09. The molecule has 0 N–H and O–H groups in total. The Morgan fingerprint density at radius 1 is 1.47 bits per heavy atom. The van der Waals surface area contributed by atoms with Crippen LogP contribution in [0.3, 0.4) is 0 Å². The molecule has 1 heterocycles. The fourth-order valence-corrected chi connectivity index (χ4v) is 2.02. The Morgan fingerprint density at radius 3 is 3.00 bits per heavy atom. The summed E-state index contributed by atoms with van der Waals surface area (Å²) in [6.07, 6.45) is 3.01. The van der Waals surface area contributed by atoms with Gasteiger partial charge in [-0.3, -0.25) is 4.79 Å². The van der Waals surface area contributed by atoms with E-state index in [2.05, 4.69) is 14.7 Å². The molecular formula is C10H11ClN2O2. The Morgan fingerprint density at radius 2 is 2.27 bits per heavy atom. The number of carbonyl (C=O) groups is 1. The van der Waals surface area contributed by atoms with Crippen molar-refractivity contribution in [1.29, 1.82) is 0 Å². The number of hydrogen-bond acceptors (Lipinski definition) is 4. The minimum Gasteiger partial charge on any atom is -0.469 e. The quantitative estimate of drug-likeness (QED) is 0.564. The van der Waals surface area contributed by atoms with E-state index in [1.807, 2.05) is 0 Å². The lowest BCUT2D eigenvalue weighted by Gasteiger charge is -2.04. The minimum absolute atomic E-state index is 0.0868. The van der Waals surface area contributed by atoms with E-state index < -0.39 is 0 Å². The summed E-state index contributed by atoms with van der Waals surface area (Å²) in [4.78, 5) is 19.4. The summed E-state index contributed by atoms with van der Waals surface area (Å²) < 4.78 is 4.55. The van der Waals surface area contributed by atoms with Gasteiger partial charge in [0.05, 0.1) is 7.11 Å². The van der Waals surface area contributed by atoms with E-state index in [4.69, 9.17) is 11.6 Å². The van der Waals surface area contributed by atoms with Crippen LogP contribution >= 0.6 is 11.6 Å².